The molecule has 2 unspecified atom stereocenters. The second-order valence-corrected chi connectivity index (χ2v) is 3.83. The molecule has 5 nitrogen and oxygen atoms in total. The van der Waals surface area contributed by atoms with Gasteiger partial charge in [-0.2, -0.15) is 5.10 Å². The standard InChI is InChI=1S/C10H16N2O3.Na/c1-7(13)3-9(10(14)15)4-8-5-11-12(2)6-8;/h5-7,9,13H,3-4H2,1-2H3,(H,14,15);/q;+1/p-1. The van der Waals surface area contributed by atoms with Crippen molar-refractivity contribution in [2.75, 3.05) is 0 Å². The van der Waals surface area contributed by atoms with Gasteiger partial charge in [-0.1, -0.05) is 0 Å². The molecule has 6 heteroatoms. The zero-order valence-electron chi connectivity index (χ0n) is 9.88. The first-order valence-electron chi connectivity index (χ1n) is 4.85. The Hall–Kier alpha value is -0.360. The number of aliphatic hydroxyl groups is 1. The number of aliphatic hydroxyl groups excluding tert-OH is 1. The number of nitrogens with zero attached hydrogens (tertiary/aromatic N) is 2. The number of hydrogen-bond donors (Lipinski definition) is 1. The minimum atomic E-state index is -1.13. The van der Waals surface area contributed by atoms with Gasteiger partial charge in [-0.25, -0.2) is 0 Å². The molecule has 1 aromatic rings. The predicted molar refractivity (Wildman–Crippen MR) is 51.7 cm³/mol. The van der Waals surface area contributed by atoms with E-state index < -0.39 is 18.0 Å². The quantitative estimate of drug-likeness (QED) is 0.528. The summed E-state index contributed by atoms with van der Waals surface area (Å²) in [7, 11) is 1.77. The first kappa shape index (κ1) is 15.6. The number of carbonyl (C=O) groups excluding carboxylic acids is 1. The summed E-state index contributed by atoms with van der Waals surface area (Å²) in [5.41, 5.74) is 0.840. The van der Waals surface area contributed by atoms with Gasteiger partial charge in [-0.15, -0.1) is 0 Å². The van der Waals surface area contributed by atoms with E-state index in [0.717, 1.165) is 5.56 Å². The molecule has 84 valence electrons. The third kappa shape index (κ3) is 5.12. The summed E-state index contributed by atoms with van der Waals surface area (Å²) in [5.74, 6) is -1.78. The van der Waals surface area contributed by atoms with Crippen LogP contribution in [0.25, 0.3) is 0 Å². The number of aryl methyl sites for hydroxylation is 1. The van der Waals surface area contributed by atoms with Crippen LogP contribution >= 0.6 is 0 Å². The third-order valence-electron chi connectivity index (χ3n) is 2.20. The zero-order valence-corrected chi connectivity index (χ0v) is 11.9. The molecule has 0 radical (unpaired) electrons. The maximum absolute atomic E-state index is 10.8. The Morgan fingerprint density at radius 2 is 2.31 bits per heavy atom. The van der Waals surface area contributed by atoms with E-state index in [1.165, 1.54) is 0 Å². The Labute approximate surface area is 117 Å². The number of aliphatic carboxylic acids is 1. The van der Waals surface area contributed by atoms with Gasteiger partial charge in [0.25, 0.3) is 0 Å². The summed E-state index contributed by atoms with van der Waals surface area (Å²) in [6.07, 6.45) is 3.30. The molecule has 0 fully saturated rings. The number of carboxylic acids is 1. The second kappa shape index (κ2) is 7.06. The van der Waals surface area contributed by atoms with Crippen molar-refractivity contribution in [3.63, 3.8) is 0 Å². The smallest absolute Gasteiger partial charge is 0.550 e. The minimum Gasteiger partial charge on any atom is -0.550 e. The van der Waals surface area contributed by atoms with Crippen LogP contribution in [0.3, 0.4) is 0 Å². The predicted octanol–water partition coefficient (Wildman–Crippen LogP) is -3.90. The van der Waals surface area contributed by atoms with Crippen LogP contribution < -0.4 is 34.7 Å². The molecule has 0 spiro atoms. The van der Waals surface area contributed by atoms with Crippen LogP contribution in [0.5, 0.6) is 0 Å². The van der Waals surface area contributed by atoms with Crippen LogP contribution in [0.4, 0.5) is 0 Å². The molecule has 16 heavy (non-hydrogen) atoms. The first-order valence-corrected chi connectivity index (χ1v) is 4.85. The van der Waals surface area contributed by atoms with Gasteiger partial charge in [0.05, 0.1) is 12.3 Å². The van der Waals surface area contributed by atoms with Gasteiger partial charge in [-0.05, 0) is 25.3 Å². The Balaban J connectivity index is 0.00000225. The van der Waals surface area contributed by atoms with Crippen molar-refractivity contribution < 1.29 is 44.6 Å². The molecule has 0 amide bonds. The van der Waals surface area contributed by atoms with Gasteiger partial charge in [0, 0.05) is 25.1 Å². The van der Waals surface area contributed by atoms with Crippen molar-refractivity contribution in [3.05, 3.63) is 18.0 Å². The molecule has 1 aromatic heterocycles. The van der Waals surface area contributed by atoms with E-state index in [-0.39, 0.29) is 36.0 Å². The van der Waals surface area contributed by atoms with E-state index >= 15 is 0 Å². The molecule has 0 aliphatic carbocycles. The Morgan fingerprint density at radius 1 is 1.69 bits per heavy atom. The fraction of sp³-hybridized carbons (Fsp3) is 0.600. The van der Waals surface area contributed by atoms with E-state index in [0.29, 0.717) is 6.42 Å². The molecule has 0 bridgehead atoms. The summed E-state index contributed by atoms with van der Waals surface area (Å²) in [4.78, 5) is 10.8. The molecule has 0 aliphatic heterocycles. The van der Waals surface area contributed by atoms with Crippen molar-refractivity contribution in [2.24, 2.45) is 13.0 Å². The largest absolute Gasteiger partial charge is 1.00 e. The summed E-state index contributed by atoms with van der Waals surface area (Å²) < 4.78 is 1.62. The van der Waals surface area contributed by atoms with Gasteiger partial charge in [0.15, 0.2) is 0 Å². The average Bonchev–Trinajstić information content (AvgIpc) is 2.49. The first-order chi connectivity index (χ1) is 6.99. The van der Waals surface area contributed by atoms with Crippen molar-refractivity contribution in [1.82, 2.24) is 9.78 Å². The number of hydrogen-bond acceptors (Lipinski definition) is 4. The third-order valence-corrected chi connectivity index (χ3v) is 2.20. The maximum Gasteiger partial charge on any atom is 1.00 e. The summed E-state index contributed by atoms with van der Waals surface area (Å²) in [6, 6.07) is 0. The number of carboxylic acid groups (broad SMARTS) is 1. The zero-order chi connectivity index (χ0) is 11.4. The molecule has 2 atom stereocenters. The van der Waals surface area contributed by atoms with Gasteiger partial charge in [-0.3, -0.25) is 4.68 Å². The van der Waals surface area contributed by atoms with E-state index in [4.69, 9.17) is 5.11 Å². The molecule has 0 aromatic carbocycles. The van der Waals surface area contributed by atoms with Gasteiger partial charge < -0.3 is 15.0 Å². The van der Waals surface area contributed by atoms with Gasteiger partial charge in [0.1, 0.15) is 0 Å². The Bertz CT molecular complexity index is 339. The molecular weight excluding hydrogens is 219 g/mol. The van der Waals surface area contributed by atoms with Crippen LogP contribution in [-0.2, 0) is 18.3 Å². The number of rotatable bonds is 5. The second-order valence-electron chi connectivity index (χ2n) is 3.83. The molecule has 0 saturated heterocycles. The monoisotopic (exact) mass is 234 g/mol. The van der Waals surface area contributed by atoms with Gasteiger partial charge in [0.2, 0.25) is 0 Å². The summed E-state index contributed by atoms with van der Waals surface area (Å²) in [6.45, 7) is 1.57. The van der Waals surface area contributed by atoms with Crippen molar-refractivity contribution in [3.8, 4) is 0 Å². The van der Waals surface area contributed by atoms with E-state index in [1.807, 2.05) is 0 Å². The van der Waals surface area contributed by atoms with Crippen LogP contribution in [0.2, 0.25) is 0 Å². The van der Waals surface area contributed by atoms with Gasteiger partial charge >= 0.3 is 29.6 Å². The SMILES string of the molecule is CC(O)CC(Cc1cnn(C)c1)C(=O)[O-].[Na+]. The van der Waals surface area contributed by atoms with E-state index in [2.05, 4.69) is 5.10 Å². The summed E-state index contributed by atoms with van der Waals surface area (Å²) in [5, 5.41) is 23.9. The van der Waals surface area contributed by atoms with E-state index in [9.17, 15) is 9.90 Å². The average molecular weight is 234 g/mol. The fourth-order valence-electron chi connectivity index (χ4n) is 1.54. The van der Waals surface area contributed by atoms with Crippen LogP contribution in [0, 0.1) is 5.92 Å². The van der Waals surface area contributed by atoms with Crippen molar-refractivity contribution in [1.29, 1.82) is 0 Å². The van der Waals surface area contributed by atoms with Crippen LogP contribution in [0.1, 0.15) is 18.9 Å². The van der Waals surface area contributed by atoms with Crippen molar-refractivity contribution in [2.45, 2.75) is 25.9 Å². The Morgan fingerprint density at radius 3 is 2.69 bits per heavy atom. The molecule has 1 N–H and O–H groups in total. The molecular formula is C10H15N2NaO3. The topological polar surface area (TPSA) is 78.2 Å². The minimum absolute atomic E-state index is 0. The number of aromatic nitrogens is 2. The van der Waals surface area contributed by atoms with Crippen LogP contribution in [0.15, 0.2) is 12.4 Å². The normalized spacial score (nSPS) is 13.9. The molecule has 1 heterocycles. The molecule has 0 saturated carbocycles. The fourth-order valence-corrected chi connectivity index (χ4v) is 1.54. The summed E-state index contributed by atoms with van der Waals surface area (Å²) >= 11 is 0. The van der Waals surface area contributed by atoms with Crippen molar-refractivity contribution >= 4 is 5.97 Å². The van der Waals surface area contributed by atoms with E-state index in [1.54, 1.807) is 31.0 Å². The maximum atomic E-state index is 10.8. The number of carbonyl (C=O) groups is 1. The van der Waals surface area contributed by atoms with Crippen LogP contribution in [-0.4, -0.2) is 27.0 Å². The molecule has 0 aliphatic rings. The Kier molecular flexibility index (Phi) is 6.90. The molecule has 1 rings (SSSR count).